The number of aromatic nitrogens is 2. The summed E-state index contributed by atoms with van der Waals surface area (Å²) in [6.07, 6.45) is 6.46. The maximum Gasteiger partial charge on any atom is 0.248 e. The number of fused-ring (bicyclic) bond motifs is 1. The lowest BCUT2D eigenvalue weighted by molar-refractivity contribution is -0.111. The van der Waals surface area contributed by atoms with Gasteiger partial charge in [0, 0.05) is 12.3 Å². The summed E-state index contributed by atoms with van der Waals surface area (Å²) in [5.41, 5.74) is 1.62. The molecule has 20 heavy (non-hydrogen) atoms. The monoisotopic (exact) mass is 281 g/mol. The van der Waals surface area contributed by atoms with Crippen LogP contribution in [0.5, 0.6) is 0 Å². The van der Waals surface area contributed by atoms with Crippen LogP contribution in [0.15, 0.2) is 54.9 Å². The lowest BCUT2D eigenvalue weighted by Gasteiger charge is -1.99. The quantitative estimate of drug-likeness (QED) is 0.749. The molecule has 1 aromatic carbocycles. The van der Waals surface area contributed by atoms with Gasteiger partial charge in [0.1, 0.15) is 5.01 Å². The molecule has 1 N–H and O–H groups in total. The maximum atomic E-state index is 11.8. The third-order valence-corrected chi connectivity index (χ3v) is 3.62. The van der Waals surface area contributed by atoms with E-state index in [1.54, 1.807) is 41.9 Å². The van der Waals surface area contributed by atoms with Crippen molar-refractivity contribution in [3.8, 4) is 0 Å². The molecular weight excluding hydrogens is 270 g/mol. The molecule has 0 fully saturated rings. The van der Waals surface area contributed by atoms with Gasteiger partial charge in [-0.15, -0.1) is 11.3 Å². The number of para-hydroxylation sites is 1. The molecule has 1 amide bonds. The van der Waals surface area contributed by atoms with Crippen LogP contribution in [0, 0.1) is 0 Å². The molecule has 0 aliphatic heterocycles. The van der Waals surface area contributed by atoms with E-state index < -0.39 is 0 Å². The van der Waals surface area contributed by atoms with Crippen LogP contribution >= 0.6 is 11.3 Å². The van der Waals surface area contributed by atoms with E-state index in [0.29, 0.717) is 5.69 Å². The highest BCUT2D eigenvalue weighted by Crippen LogP contribution is 2.22. The number of nitrogens with zero attached hydrogens (tertiary/aromatic N) is 2. The molecule has 3 rings (SSSR count). The molecular formula is C15H11N3OS. The van der Waals surface area contributed by atoms with Crippen molar-refractivity contribution in [3.63, 3.8) is 0 Å². The SMILES string of the molecule is O=C(/C=C/c1nc2ccccc2s1)Nc1cccnc1. The Balaban J connectivity index is 1.72. The van der Waals surface area contributed by atoms with Crippen molar-refractivity contribution in [1.82, 2.24) is 9.97 Å². The van der Waals surface area contributed by atoms with E-state index in [0.717, 1.165) is 15.2 Å². The van der Waals surface area contributed by atoms with Crippen molar-refractivity contribution in [2.24, 2.45) is 0 Å². The summed E-state index contributed by atoms with van der Waals surface area (Å²) in [6.45, 7) is 0. The van der Waals surface area contributed by atoms with Crippen molar-refractivity contribution >= 4 is 39.2 Å². The molecule has 5 heteroatoms. The normalized spacial score (nSPS) is 11.0. The van der Waals surface area contributed by atoms with Gasteiger partial charge in [0.15, 0.2) is 0 Å². The number of rotatable bonds is 3. The number of hydrogen-bond donors (Lipinski definition) is 1. The average molecular weight is 281 g/mol. The predicted octanol–water partition coefficient (Wildman–Crippen LogP) is 3.34. The molecule has 98 valence electrons. The summed E-state index contributed by atoms with van der Waals surface area (Å²) in [7, 11) is 0. The molecule has 0 spiro atoms. The lowest BCUT2D eigenvalue weighted by atomic mass is 10.3. The van der Waals surface area contributed by atoms with Gasteiger partial charge in [-0.2, -0.15) is 0 Å². The second-order valence-corrected chi connectivity index (χ2v) is 5.15. The van der Waals surface area contributed by atoms with Crippen LogP contribution in [0.2, 0.25) is 0 Å². The fourth-order valence-electron chi connectivity index (χ4n) is 1.73. The molecule has 0 unspecified atom stereocenters. The first-order valence-electron chi connectivity index (χ1n) is 6.06. The van der Waals surface area contributed by atoms with Gasteiger partial charge < -0.3 is 5.32 Å². The first-order chi connectivity index (χ1) is 9.81. The van der Waals surface area contributed by atoms with Gasteiger partial charge in [0.2, 0.25) is 5.91 Å². The molecule has 0 aliphatic rings. The van der Waals surface area contributed by atoms with Gasteiger partial charge in [0.05, 0.1) is 22.1 Å². The van der Waals surface area contributed by atoms with Crippen molar-refractivity contribution < 1.29 is 4.79 Å². The first-order valence-corrected chi connectivity index (χ1v) is 6.87. The summed E-state index contributed by atoms with van der Waals surface area (Å²) in [5.74, 6) is -0.197. The van der Waals surface area contributed by atoms with E-state index in [9.17, 15) is 4.79 Å². The molecule has 2 aromatic heterocycles. The van der Waals surface area contributed by atoms with Crippen LogP contribution in [-0.4, -0.2) is 15.9 Å². The Morgan fingerprint density at radius 1 is 1.20 bits per heavy atom. The third-order valence-electron chi connectivity index (χ3n) is 2.62. The van der Waals surface area contributed by atoms with Crippen LogP contribution < -0.4 is 5.32 Å². The molecule has 0 atom stereocenters. The van der Waals surface area contributed by atoms with Gasteiger partial charge >= 0.3 is 0 Å². The van der Waals surface area contributed by atoms with Gasteiger partial charge in [-0.1, -0.05) is 12.1 Å². The fraction of sp³-hybridized carbons (Fsp3) is 0. The number of carbonyl (C=O) groups is 1. The van der Waals surface area contributed by atoms with E-state index in [2.05, 4.69) is 15.3 Å². The summed E-state index contributed by atoms with van der Waals surface area (Å²) < 4.78 is 1.11. The molecule has 3 aromatic rings. The van der Waals surface area contributed by atoms with Crippen LogP contribution in [0.3, 0.4) is 0 Å². The van der Waals surface area contributed by atoms with Gasteiger partial charge in [-0.3, -0.25) is 9.78 Å². The zero-order chi connectivity index (χ0) is 13.8. The molecule has 0 bridgehead atoms. The molecule has 2 heterocycles. The number of nitrogens with one attached hydrogen (secondary N) is 1. The number of carbonyl (C=O) groups excluding carboxylic acids is 1. The molecule has 0 aliphatic carbocycles. The van der Waals surface area contributed by atoms with Crippen molar-refractivity contribution in [2.45, 2.75) is 0 Å². The highest BCUT2D eigenvalue weighted by molar-refractivity contribution is 7.19. The minimum absolute atomic E-state index is 0.197. The Kier molecular flexibility index (Phi) is 3.52. The average Bonchev–Trinajstić information content (AvgIpc) is 2.89. The minimum atomic E-state index is -0.197. The van der Waals surface area contributed by atoms with Gasteiger partial charge in [-0.05, 0) is 30.3 Å². The topological polar surface area (TPSA) is 54.9 Å². The maximum absolute atomic E-state index is 11.8. The molecule has 0 saturated carbocycles. The van der Waals surface area contributed by atoms with Crippen LogP contribution in [0.4, 0.5) is 5.69 Å². The van der Waals surface area contributed by atoms with Crippen molar-refractivity contribution in [2.75, 3.05) is 5.32 Å². The number of amides is 1. The number of hydrogen-bond acceptors (Lipinski definition) is 4. The smallest absolute Gasteiger partial charge is 0.248 e. The number of thiazole rings is 1. The minimum Gasteiger partial charge on any atom is -0.321 e. The van der Waals surface area contributed by atoms with E-state index in [-0.39, 0.29) is 5.91 Å². The largest absolute Gasteiger partial charge is 0.321 e. The second-order valence-electron chi connectivity index (χ2n) is 4.08. The van der Waals surface area contributed by atoms with E-state index in [1.807, 2.05) is 24.3 Å². The number of anilines is 1. The zero-order valence-corrected chi connectivity index (χ0v) is 11.3. The van der Waals surface area contributed by atoms with E-state index in [1.165, 1.54) is 6.08 Å². The Morgan fingerprint density at radius 2 is 2.10 bits per heavy atom. The Labute approximate surface area is 119 Å². The molecule has 0 radical (unpaired) electrons. The summed E-state index contributed by atoms with van der Waals surface area (Å²) in [6, 6.07) is 11.5. The Hall–Kier alpha value is -2.53. The number of pyridine rings is 1. The summed E-state index contributed by atoms with van der Waals surface area (Å²) >= 11 is 1.56. The van der Waals surface area contributed by atoms with E-state index >= 15 is 0 Å². The van der Waals surface area contributed by atoms with E-state index in [4.69, 9.17) is 0 Å². The summed E-state index contributed by atoms with van der Waals surface area (Å²) in [4.78, 5) is 20.1. The fourth-order valence-corrected chi connectivity index (χ4v) is 2.60. The van der Waals surface area contributed by atoms with Crippen LogP contribution in [-0.2, 0) is 4.79 Å². The molecule has 4 nitrogen and oxygen atoms in total. The lowest BCUT2D eigenvalue weighted by Crippen LogP contribution is -2.07. The van der Waals surface area contributed by atoms with Crippen molar-refractivity contribution in [3.05, 3.63) is 59.9 Å². The second kappa shape index (κ2) is 5.63. The Bertz CT molecular complexity index is 732. The van der Waals surface area contributed by atoms with Gasteiger partial charge in [-0.25, -0.2) is 4.98 Å². The predicted molar refractivity (Wildman–Crippen MR) is 81.5 cm³/mol. The van der Waals surface area contributed by atoms with Crippen LogP contribution in [0.25, 0.3) is 16.3 Å². The Morgan fingerprint density at radius 3 is 2.90 bits per heavy atom. The molecule has 0 saturated heterocycles. The summed E-state index contributed by atoms with van der Waals surface area (Å²) in [5, 5.41) is 3.55. The zero-order valence-electron chi connectivity index (χ0n) is 10.5. The first kappa shape index (κ1) is 12.5. The number of benzene rings is 1. The highest BCUT2D eigenvalue weighted by atomic mass is 32.1. The van der Waals surface area contributed by atoms with Crippen LogP contribution in [0.1, 0.15) is 5.01 Å². The third kappa shape index (κ3) is 2.89. The highest BCUT2D eigenvalue weighted by Gasteiger charge is 2.01. The van der Waals surface area contributed by atoms with Crippen molar-refractivity contribution in [1.29, 1.82) is 0 Å². The standard InChI is InChI=1S/C15H11N3OS/c19-14(17-11-4-3-9-16-10-11)7-8-15-18-12-5-1-2-6-13(12)20-15/h1-10H,(H,17,19)/b8-7+. The van der Waals surface area contributed by atoms with Gasteiger partial charge in [0.25, 0.3) is 0 Å².